The molecule has 1 aromatic carbocycles. The lowest BCUT2D eigenvalue weighted by Gasteiger charge is -2.27. The van der Waals surface area contributed by atoms with Gasteiger partial charge in [0.15, 0.2) is 6.10 Å². The molecule has 1 aromatic rings. The van der Waals surface area contributed by atoms with Gasteiger partial charge in [-0.25, -0.2) is 9.59 Å². The van der Waals surface area contributed by atoms with Crippen molar-refractivity contribution < 1.29 is 19.1 Å². The van der Waals surface area contributed by atoms with Crippen LogP contribution in [0.4, 0.5) is 9.59 Å². The molecule has 22 heavy (non-hydrogen) atoms. The number of primary amides is 2. The van der Waals surface area contributed by atoms with E-state index in [1.165, 1.54) is 0 Å². The fraction of sp³-hybridized carbons (Fsp3) is 0.429. The van der Waals surface area contributed by atoms with Crippen LogP contribution >= 0.6 is 23.2 Å². The average molecular weight is 349 g/mol. The molecule has 0 aromatic heterocycles. The fourth-order valence-electron chi connectivity index (χ4n) is 2.05. The Morgan fingerprint density at radius 2 is 1.68 bits per heavy atom. The summed E-state index contributed by atoms with van der Waals surface area (Å²) in [7, 11) is 0. The minimum atomic E-state index is -1.03. The van der Waals surface area contributed by atoms with Crippen molar-refractivity contribution in [2.24, 2.45) is 11.5 Å². The van der Waals surface area contributed by atoms with Crippen molar-refractivity contribution in [3.8, 4) is 0 Å². The molecule has 0 fully saturated rings. The highest BCUT2D eigenvalue weighted by atomic mass is 35.5. The number of ether oxygens (including phenoxy) is 2. The van der Waals surface area contributed by atoms with E-state index in [9.17, 15) is 9.59 Å². The zero-order valence-electron chi connectivity index (χ0n) is 12.1. The van der Waals surface area contributed by atoms with Crippen LogP contribution in [-0.4, -0.2) is 18.3 Å². The van der Waals surface area contributed by atoms with Crippen LogP contribution in [0, 0.1) is 0 Å². The Bertz CT molecular complexity index is 519. The summed E-state index contributed by atoms with van der Waals surface area (Å²) in [5.41, 5.74) is 10.5. The molecule has 2 unspecified atom stereocenters. The molecule has 0 spiro atoms. The van der Waals surface area contributed by atoms with Gasteiger partial charge in [-0.1, -0.05) is 42.6 Å². The van der Waals surface area contributed by atoms with Gasteiger partial charge in [0.05, 0.1) is 0 Å². The van der Waals surface area contributed by atoms with Gasteiger partial charge < -0.3 is 20.9 Å². The Morgan fingerprint density at radius 1 is 1.14 bits per heavy atom. The number of unbranched alkanes of at least 4 members (excludes halogenated alkanes) is 1. The van der Waals surface area contributed by atoms with Gasteiger partial charge in [0.25, 0.3) is 0 Å². The Kier molecular flexibility index (Phi) is 7.27. The quantitative estimate of drug-likeness (QED) is 0.781. The summed E-state index contributed by atoms with van der Waals surface area (Å²) in [6, 6.07) is 4.81. The van der Waals surface area contributed by atoms with E-state index in [0.29, 0.717) is 12.0 Å². The van der Waals surface area contributed by atoms with Crippen molar-refractivity contribution in [1.82, 2.24) is 0 Å². The fourth-order valence-corrected chi connectivity index (χ4v) is 2.67. The van der Waals surface area contributed by atoms with E-state index < -0.39 is 24.4 Å². The third kappa shape index (κ3) is 5.27. The smallest absolute Gasteiger partial charge is 0.405 e. The van der Waals surface area contributed by atoms with Crippen LogP contribution in [-0.2, 0) is 9.47 Å². The van der Waals surface area contributed by atoms with Gasteiger partial charge in [0, 0.05) is 15.6 Å². The van der Waals surface area contributed by atoms with Crippen molar-refractivity contribution in [3.05, 3.63) is 33.8 Å². The molecule has 4 N–H and O–H groups in total. The molecular formula is C14H18Cl2N2O4. The van der Waals surface area contributed by atoms with Gasteiger partial charge in [-0.15, -0.1) is 0 Å². The van der Waals surface area contributed by atoms with Crippen molar-refractivity contribution in [2.45, 2.75) is 38.4 Å². The molecular weight excluding hydrogens is 331 g/mol. The lowest BCUT2D eigenvalue weighted by Crippen LogP contribution is -2.33. The van der Waals surface area contributed by atoms with Crippen LogP contribution in [0.2, 0.25) is 10.0 Å². The topological polar surface area (TPSA) is 105 Å². The normalized spacial score (nSPS) is 13.2. The summed E-state index contributed by atoms with van der Waals surface area (Å²) in [5.74, 6) is 0. The second kappa shape index (κ2) is 8.70. The summed E-state index contributed by atoms with van der Waals surface area (Å²) < 4.78 is 10.2. The van der Waals surface area contributed by atoms with Crippen LogP contribution in [0.5, 0.6) is 0 Å². The predicted octanol–water partition coefficient (Wildman–Crippen LogP) is 3.78. The Balaban J connectivity index is 3.22. The third-order valence-corrected chi connectivity index (χ3v) is 3.63. The van der Waals surface area contributed by atoms with E-state index in [2.05, 4.69) is 0 Å². The molecule has 122 valence electrons. The van der Waals surface area contributed by atoms with Crippen molar-refractivity contribution in [3.63, 3.8) is 0 Å². The van der Waals surface area contributed by atoms with Crippen LogP contribution in [0.3, 0.4) is 0 Å². The molecule has 0 aliphatic rings. The molecule has 8 heteroatoms. The molecule has 0 saturated heterocycles. The predicted molar refractivity (Wildman–Crippen MR) is 83.9 cm³/mol. The largest absolute Gasteiger partial charge is 0.442 e. The van der Waals surface area contributed by atoms with E-state index in [1.54, 1.807) is 18.2 Å². The lowest BCUT2D eigenvalue weighted by molar-refractivity contribution is -0.00958. The summed E-state index contributed by atoms with van der Waals surface area (Å²) in [6.45, 7) is 1.97. The first-order valence-electron chi connectivity index (χ1n) is 6.72. The van der Waals surface area contributed by atoms with Crippen molar-refractivity contribution in [2.75, 3.05) is 0 Å². The van der Waals surface area contributed by atoms with Gasteiger partial charge in [-0.3, -0.25) is 0 Å². The molecule has 1 rings (SSSR count). The minimum Gasteiger partial charge on any atom is -0.442 e. The lowest BCUT2D eigenvalue weighted by atomic mass is 9.99. The van der Waals surface area contributed by atoms with E-state index in [0.717, 1.165) is 12.8 Å². The molecule has 0 radical (unpaired) electrons. The molecule has 0 saturated carbocycles. The van der Waals surface area contributed by atoms with Crippen LogP contribution < -0.4 is 11.5 Å². The number of amides is 2. The Hall–Kier alpha value is -1.66. The van der Waals surface area contributed by atoms with Gasteiger partial charge in [-0.05, 0) is 25.0 Å². The van der Waals surface area contributed by atoms with Gasteiger partial charge in [0.2, 0.25) is 0 Å². The third-order valence-electron chi connectivity index (χ3n) is 2.97. The average Bonchev–Trinajstić information content (AvgIpc) is 2.41. The number of hydrogen-bond donors (Lipinski definition) is 2. The van der Waals surface area contributed by atoms with Gasteiger partial charge in [0.1, 0.15) is 6.10 Å². The highest BCUT2D eigenvalue weighted by Crippen LogP contribution is 2.36. The maximum Gasteiger partial charge on any atom is 0.405 e. The first kappa shape index (κ1) is 18.4. The van der Waals surface area contributed by atoms with Crippen LogP contribution in [0.25, 0.3) is 0 Å². The number of halogens is 2. The monoisotopic (exact) mass is 348 g/mol. The number of benzene rings is 1. The molecule has 2 atom stereocenters. The van der Waals surface area contributed by atoms with E-state index in [-0.39, 0.29) is 10.0 Å². The standard InChI is InChI=1S/C14H18Cl2N2O4/c1-2-3-7-10(21-13(17)19)12(22-14(18)20)11-8(15)5-4-6-9(11)16/h4-6,10,12H,2-3,7H2,1H3,(H2,17,19)(H2,18,20). The highest BCUT2D eigenvalue weighted by Gasteiger charge is 2.32. The maximum atomic E-state index is 11.2. The molecule has 0 heterocycles. The molecule has 0 aliphatic heterocycles. The number of carbonyl (C=O) groups is 2. The zero-order chi connectivity index (χ0) is 16.7. The van der Waals surface area contributed by atoms with E-state index in [1.807, 2.05) is 6.92 Å². The number of carbonyl (C=O) groups excluding carboxylic acids is 2. The second-order valence-electron chi connectivity index (χ2n) is 4.61. The maximum absolute atomic E-state index is 11.2. The van der Waals surface area contributed by atoms with Crippen LogP contribution in [0.15, 0.2) is 18.2 Å². The number of hydrogen-bond acceptors (Lipinski definition) is 4. The zero-order valence-corrected chi connectivity index (χ0v) is 13.6. The van der Waals surface area contributed by atoms with Gasteiger partial charge in [-0.2, -0.15) is 0 Å². The van der Waals surface area contributed by atoms with E-state index >= 15 is 0 Å². The highest BCUT2D eigenvalue weighted by molar-refractivity contribution is 6.36. The summed E-state index contributed by atoms with van der Waals surface area (Å²) in [6.07, 6.45) is -1.89. The van der Waals surface area contributed by atoms with Gasteiger partial charge >= 0.3 is 12.2 Å². The first-order chi connectivity index (χ1) is 10.4. The molecule has 0 aliphatic carbocycles. The minimum absolute atomic E-state index is 0.272. The Labute approximate surface area is 138 Å². The number of rotatable bonds is 7. The number of nitrogens with two attached hydrogens (primary N) is 2. The summed E-state index contributed by atoms with van der Waals surface area (Å²) in [4.78, 5) is 22.3. The first-order valence-corrected chi connectivity index (χ1v) is 7.48. The Morgan fingerprint density at radius 3 is 2.14 bits per heavy atom. The van der Waals surface area contributed by atoms with Crippen molar-refractivity contribution >= 4 is 35.4 Å². The molecule has 2 amide bonds. The summed E-state index contributed by atoms with van der Waals surface area (Å²) in [5, 5.41) is 0.543. The molecule has 6 nitrogen and oxygen atoms in total. The SMILES string of the molecule is CCCCC(OC(N)=O)C(OC(N)=O)c1c(Cl)cccc1Cl. The molecule has 0 bridgehead atoms. The van der Waals surface area contributed by atoms with Crippen molar-refractivity contribution in [1.29, 1.82) is 0 Å². The second-order valence-corrected chi connectivity index (χ2v) is 5.42. The van der Waals surface area contributed by atoms with Crippen LogP contribution in [0.1, 0.15) is 37.9 Å². The van der Waals surface area contributed by atoms with E-state index in [4.69, 9.17) is 44.1 Å². The summed E-state index contributed by atoms with van der Waals surface area (Å²) >= 11 is 12.3.